The maximum atomic E-state index is 11.8. The Hall–Kier alpha value is -1.77. The number of hydrogen-bond acceptors (Lipinski definition) is 6. The second kappa shape index (κ2) is 6.99. The SMILES string of the molecule is COCC(C)S(=O)(=O)NC(=O)C=Cc1nc2ccccc2s1. The van der Waals surface area contributed by atoms with Gasteiger partial charge in [0.05, 0.1) is 16.8 Å². The molecule has 8 heteroatoms. The van der Waals surface area contributed by atoms with Crippen LogP contribution in [0, 0.1) is 0 Å². The third-order valence-corrected chi connectivity index (χ3v) is 5.54. The molecule has 118 valence electrons. The molecule has 1 aromatic carbocycles. The van der Waals surface area contributed by atoms with Crippen LogP contribution in [0.4, 0.5) is 0 Å². The third kappa shape index (κ3) is 4.12. The Balaban J connectivity index is 2.05. The molecule has 0 fully saturated rings. The van der Waals surface area contributed by atoms with Crippen LogP contribution in [-0.4, -0.2) is 38.3 Å². The fraction of sp³-hybridized carbons (Fsp3) is 0.286. The molecule has 0 aliphatic heterocycles. The number of hydrogen-bond donors (Lipinski definition) is 1. The first kappa shape index (κ1) is 16.6. The molecule has 6 nitrogen and oxygen atoms in total. The lowest BCUT2D eigenvalue weighted by molar-refractivity contribution is -0.114. The number of sulfonamides is 1. The fourth-order valence-corrected chi connectivity index (χ4v) is 3.44. The van der Waals surface area contributed by atoms with E-state index in [-0.39, 0.29) is 6.61 Å². The number of amides is 1. The number of nitrogens with one attached hydrogen (secondary N) is 1. The van der Waals surface area contributed by atoms with E-state index in [4.69, 9.17) is 4.74 Å². The second-order valence-corrected chi connectivity index (χ2v) is 7.79. The van der Waals surface area contributed by atoms with Crippen molar-refractivity contribution in [1.82, 2.24) is 9.71 Å². The number of fused-ring (bicyclic) bond motifs is 1. The molecule has 0 bridgehead atoms. The summed E-state index contributed by atoms with van der Waals surface area (Å²) >= 11 is 1.42. The van der Waals surface area contributed by atoms with Crippen LogP contribution < -0.4 is 4.72 Å². The molecule has 0 radical (unpaired) electrons. The van der Waals surface area contributed by atoms with Crippen molar-refractivity contribution in [2.45, 2.75) is 12.2 Å². The average Bonchev–Trinajstić information content (AvgIpc) is 2.87. The molecule has 1 N–H and O–H groups in total. The van der Waals surface area contributed by atoms with Gasteiger partial charge in [-0.1, -0.05) is 12.1 Å². The smallest absolute Gasteiger partial charge is 0.257 e. The summed E-state index contributed by atoms with van der Waals surface area (Å²) in [7, 11) is -2.34. The van der Waals surface area contributed by atoms with Crippen LogP contribution in [0.2, 0.25) is 0 Å². The minimum absolute atomic E-state index is 0.0181. The summed E-state index contributed by atoms with van der Waals surface area (Å²) in [6, 6.07) is 7.60. The van der Waals surface area contributed by atoms with E-state index in [1.165, 1.54) is 31.4 Å². The number of carbonyl (C=O) groups excluding carboxylic acids is 1. The highest BCUT2D eigenvalue weighted by atomic mass is 32.2. The Morgan fingerprint density at radius 3 is 2.86 bits per heavy atom. The largest absolute Gasteiger partial charge is 0.383 e. The molecule has 1 aromatic heterocycles. The Morgan fingerprint density at radius 2 is 2.18 bits per heavy atom. The van der Waals surface area contributed by atoms with Crippen molar-refractivity contribution in [2.24, 2.45) is 0 Å². The number of aromatic nitrogens is 1. The van der Waals surface area contributed by atoms with E-state index in [2.05, 4.69) is 4.98 Å². The lowest BCUT2D eigenvalue weighted by Gasteiger charge is -2.11. The minimum atomic E-state index is -3.74. The first-order valence-corrected chi connectivity index (χ1v) is 8.87. The maximum Gasteiger partial charge on any atom is 0.257 e. The van der Waals surface area contributed by atoms with Gasteiger partial charge in [0, 0.05) is 13.2 Å². The molecule has 1 heterocycles. The van der Waals surface area contributed by atoms with E-state index in [0.29, 0.717) is 5.01 Å². The summed E-state index contributed by atoms with van der Waals surface area (Å²) in [4.78, 5) is 16.0. The number of benzene rings is 1. The Kier molecular flexibility index (Phi) is 5.28. The molecular formula is C14H16N2O4S2. The predicted molar refractivity (Wildman–Crippen MR) is 87.1 cm³/mol. The van der Waals surface area contributed by atoms with Gasteiger partial charge >= 0.3 is 0 Å². The molecule has 2 aromatic rings. The number of carbonyl (C=O) groups is 1. The second-order valence-electron chi connectivity index (χ2n) is 4.63. The van der Waals surface area contributed by atoms with Crippen molar-refractivity contribution in [1.29, 1.82) is 0 Å². The molecule has 1 amide bonds. The number of para-hydroxylation sites is 1. The summed E-state index contributed by atoms with van der Waals surface area (Å²) in [6.45, 7) is 1.49. The van der Waals surface area contributed by atoms with Gasteiger partial charge in [0.15, 0.2) is 0 Å². The molecule has 0 aliphatic carbocycles. The van der Waals surface area contributed by atoms with Crippen molar-refractivity contribution < 1.29 is 17.9 Å². The van der Waals surface area contributed by atoms with Crippen LogP contribution >= 0.6 is 11.3 Å². The zero-order valence-corrected chi connectivity index (χ0v) is 13.8. The minimum Gasteiger partial charge on any atom is -0.383 e. The van der Waals surface area contributed by atoms with Gasteiger partial charge in [-0.25, -0.2) is 18.1 Å². The van der Waals surface area contributed by atoms with Gasteiger partial charge in [-0.2, -0.15) is 0 Å². The molecule has 1 atom stereocenters. The number of ether oxygens (including phenoxy) is 1. The van der Waals surface area contributed by atoms with Gasteiger partial charge in [-0.05, 0) is 25.1 Å². The van der Waals surface area contributed by atoms with E-state index in [1.807, 2.05) is 29.0 Å². The van der Waals surface area contributed by atoms with E-state index >= 15 is 0 Å². The van der Waals surface area contributed by atoms with Gasteiger partial charge in [0.25, 0.3) is 5.91 Å². The van der Waals surface area contributed by atoms with Crippen LogP contribution in [0.15, 0.2) is 30.3 Å². The Bertz CT molecular complexity index is 763. The van der Waals surface area contributed by atoms with Gasteiger partial charge < -0.3 is 4.74 Å². The monoisotopic (exact) mass is 340 g/mol. The van der Waals surface area contributed by atoms with E-state index < -0.39 is 21.2 Å². The molecule has 0 saturated heterocycles. The maximum absolute atomic E-state index is 11.8. The molecule has 0 saturated carbocycles. The zero-order valence-electron chi connectivity index (χ0n) is 12.1. The average molecular weight is 340 g/mol. The molecular weight excluding hydrogens is 324 g/mol. The summed E-state index contributed by atoms with van der Waals surface area (Å²) in [5.41, 5.74) is 0.842. The van der Waals surface area contributed by atoms with Crippen molar-refractivity contribution in [2.75, 3.05) is 13.7 Å². The highest BCUT2D eigenvalue weighted by Crippen LogP contribution is 2.22. The summed E-state index contributed by atoms with van der Waals surface area (Å²) in [5, 5.41) is -0.170. The topological polar surface area (TPSA) is 85.4 Å². The first-order valence-electron chi connectivity index (χ1n) is 6.50. The summed E-state index contributed by atoms with van der Waals surface area (Å²) in [6.07, 6.45) is 2.66. The third-order valence-electron chi connectivity index (χ3n) is 2.86. The van der Waals surface area contributed by atoms with Crippen molar-refractivity contribution in [3.05, 3.63) is 35.3 Å². The number of nitrogens with zero attached hydrogens (tertiary/aromatic N) is 1. The van der Waals surface area contributed by atoms with E-state index in [1.54, 1.807) is 0 Å². The van der Waals surface area contributed by atoms with Crippen LogP contribution in [0.25, 0.3) is 16.3 Å². The number of methoxy groups -OCH3 is 1. The lowest BCUT2D eigenvalue weighted by Crippen LogP contribution is -2.38. The van der Waals surface area contributed by atoms with Crippen molar-refractivity contribution in [3.8, 4) is 0 Å². The Labute approximate surface area is 132 Å². The van der Waals surface area contributed by atoms with Crippen LogP contribution in [-0.2, 0) is 19.6 Å². The molecule has 0 aliphatic rings. The van der Waals surface area contributed by atoms with E-state index in [9.17, 15) is 13.2 Å². The van der Waals surface area contributed by atoms with Gasteiger partial charge in [0.2, 0.25) is 10.0 Å². The summed E-state index contributed by atoms with van der Waals surface area (Å²) in [5.74, 6) is -0.706. The van der Waals surface area contributed by atoms with Gasteiger partial charge in [0.1, 0.15) is 10.3 Å². The predicted octanol–water partition coefficient (Wildman–Crippen LogP) is 1.79. The number of rotatable bonds is 6. The van der Waals surface area contributed by atoms with Crippen LogP contribution in [0.3, 0.4) is 0 Å². The Morgan fingerprint density at radius 1 is 1.45 bits per heavy atom. The highest BCUT2D eigenvalue weighted by Gasteiger charge is 2.21. The first-order chi connectivity index (χ1) is 10.4. The van der Waals surface area contributed by atoms with Crippen molar-refractivity contribution in [3.63, 3.8) is 0 Å². The standard InChI is InChI=1S/C14H16N2O4S2/c1-10(9-20-2)22(18,19)16-13(17)7-8-14-15-11-5-3-4-6-12(11)21-14/h3-8,10H,9H2,1-2H3,(H,16,17). The van der Waals surface area contributed by atoms with E-state index in [0.717, 1.165) is 16.3 Å². The fourth-order valence-electron chi connectivity index (χ4n) is 1.71. The van der Waals surface area contributed by atoms with Gasteiger partial charge in [-0.3, -0.25) is 4.79 Å². The van der Waals surface area contributed by atoms with Crippen LogP contribution in [0.1, 0.15) is 11.9 Å². The quantitative estimate of drug-likeness (QED) is 0.810. The zero-order chi connectivity index (χ0) is 16.2. The molecule has 2 rings (SSSR count). The number of thiazole rings is 1. The highest BCUT2D eigenvalue weighted by molar-refractivity contribution is 7.90. The van der Waals surface area contributed by atoms with Crippen LogP contribution in [0.5, 0.6) is 0 Å². The molecule has 1 unspecified atom stereocenters. The van der Waals surface area contributed by atoms with Crippen molar-refractivity contribution >= 4 is 43.6 Å². The lowest BCUT2D eigenvalue weighted by atomic mass is 10.3. The molecule has 22 heavy (non-hydrogen) atoms. The summed E-state index contributed by atoms with van der Waals surface area (Å²) < 4.78 is 31.4. The normalized spacial score (nSPS) is 13.5. The molecule has 0 spiro atoms. The van der Waals surface area contributed by atoms with Gasteiger partial charge in [-0.15, -0.1) is 11.3 Å².